The number of benzene rings is 3. The molecule has 32 heavy (non-hydrogen) atoms. The standard InChI is InChI=1S/C30H32ClF/c1-3-5-7-9-23-11-16-25(17-12-23)26-18-13-24(14-19-26)15-20-27-21-22-28(10-8-6-4-2)30(32)29(27)31/h3-6,11-14,16-19,21-22H,7-10,15,20H2,1-2H3/b5-3+,6-4+. The monoisotopic (exact) mass is 446 g/mol. The second-order valence-electron chi connectivity index (χ2n) is 8.12. The molecule has 0 aromatic heterocycles. The van der Waals surface area contributed by atoms with E-state index >= 15 is 0 Å². The van der Waals surface area contributed by atoms with Crippen molar-refractivity contribution in [3.8, 4) is 11.1 Å². The molecule has 0 bridgehead atoms. The van der Waals surface area contributed by atoms with Crippen LogP contribution in [0.5, 0.6) is 0 Å². The minimum absolute atomic E-state index is 0.266. The Kier molecular flexibility index (Phi) is 9.31. The Morgan fingerprint density at radius 1 is 0.625 bits per heavy atom. The summed E-state index contributed by atoms with van der Waals surface area (Å²) in [6.07, 6.45) is 13.6. The molecule has 0 N–H and O–H groups in total. The molecular formula is C30H32ClF. The van der Waals surface area contributed by atoms with E-state index in [0.717, 1.165) is 37.7 Å². The SMILES string of the molecule is C/C=C/CCc1ccc(-c2ccc(CCc3ccc(CC/C=C/C)c(F)c3Cl)cc2)cc1. The molecule has 0 aliphatic carbocycles. The fourth-order valence-electron chi connectivity index (χ4n) is 3.84. The van der Waals surface area contributed by atoms with Gasteiger partial charge in [-0.05, 0) is 85.8 Å². The molecule has 166 valence electrons. The van der Waals surface area contributed by atoms with E-state index in [4.69, 9.17) is 11.6 Å². The summed E-state index contributed by atoms with van der Waals surface area (Å²) >= 11 is 6.34. The van der Waals surface area contributed by atoms with Gasteiger partial charge < -0.3 is 0 Å². The zero-order valence-electron chi connectivity index (χ0n) is 19.1. The average Bonchev–Trinajstić information content (AvgIpc) is 2.82. The fourth-order valence-corrected chi connectivity index (χ4v) is 4.12. The van der Waals surface area contributed by atoms with Crippen LogP contribution in [-0.4, -0.2) is 0 Å². The molecule has 3 aromatic carbocycles. The first-order valence-electron chi connectivity index (χ1n) is 11.5. The molecule has 0 amide bonds. The number of allylic oxidation sites excluding steroid dienone is 4. The normalized spacial score (nSPS) is 11.6. The van der Waals surface area contributed by atoms with Gasteiger partial charge in [0.15, 0.2) is 0 Å². The van der Waals surface area contributed by atoms with Crippen molar-refractivity contribution in [1.82, 2.24) is 0 Å². The molecule has 0 aliphatic rings. The number of rotatable bonds is 10. The number of aryl methyl sites for hydroxylation is 4. The van der Waals surface area contributed by atoms with Crippen LogP contribution in [-0.2, 0) is 25.7 Å². The van der Waals surface area contributed by atoms with E-state index in [-0.39, 0.29) is 10.8 Å². The van der Waals surface area contributed by atoms with Gasteiger partial charge in [0.25, 0.3) is 0 Å². The highest BCUT2D eigenvalue weighted by atomic mass is 35.5. The largest absolute Gasteiger partial charge is 0.205 e. The smallest absolute Gasteiger partial charge is 0.145 e. The zero-order valence-corrected chi connectivity index (χ0v) is 19.8. The minimum atomic E-state index is -0.266. The Morgan fingerprint density at radius 3 is 1.69 bits per heavy atom. The van der Waals surface area contributed by atoms with E-state index in [1.807, 2.05) is 31.2 Å². The molecule has 0 aliphatic heterocycles. The summed E-state index contributed by atoms with van der Waals surface area (Å²) in [4.78, 5) is 0. The first-order chi connectivity index (χ1) is 15.6. The third-order valence-electron chi connectivity index (χ3n) is 5.82. The predicted molar refractivity (Wildman–Crippen MR) is 137 cm³/mol. The lowest BCUT2D eigenvalue weighted by atomic mass is 9.98. The van der Waals surface area contributed by atoms with Crippen LogP contribution in [0, 0.1) is 5.82 Å². The third-order valence-corrected chi connectivity index (χ3v) is 6.23. The van der Waals surface area contributed by atoms with Gasteiger partial charge in [-0.2, -0.15) is 0 Å². The molecule has 3 rings (SSSR count). The maximum absolute atomic E-state index is 14.6. The van der Waals surface area contributed by atoms with E-state index in [1.54, 1.807) is 0 Å². The molecule has 0 unspecified atom stereocenters. The Bertz CT molecular complexity index is 1040. The van der Waals surface area contributed by atoms with Gasteiger partial charge in [0, 0.05) is 0 Å². The van der Waals surface area contributed by atoms with Gasteiger partial charge in [0.1, 0.15) is 5.82 Å². The van der Waals surface area contributed by atoms with Gasteiger partial charge in [-0.25, -0.2) is 4.39 Å². The molecule has 0 fully saturated rings. The summed E-state index contributed by atoms with van der Waals surface area (Å²) in [5.41, 5.74) is 6.59. The molecular weight excluding hydrogens is 415 g/mol. The summed E-state index contributed by atoms with van der Waals surface area (Å²) in [6.45, 7) is 4.03. The van der Waals surface area contributed by atoms with Crippen LogP contribution < -0.4 is 0 Å². The van der Waals surface area contributed by atoms with Gasteiger partial charge in [0.05, 0.1) is 5.02 Å². The van der Waals surface area contributed by atoms with E-state index in [9.17, 15) is 4.39 Å². The van der Waals surface area contributed by atoms with Crippen molar-refractivity contribution >= 4 is 11.6 Å². The van der Waals surface area contributed by atoms with E-state index in [2.05, 4.69) is 67.6 Å². The van der Waals surface area contributed by atoms with Crippen LogP contribution in [0.3, 0.4) is 0 Å². The summed E-state index contributed by atoms with van der Waals surface area (Å²) in [7, 11) is 0. The summed E-state index contributed by atoms with van der Waals surface area (Å²) < 4.78 is 14.6. The Balaban J connectivity index is 1.59. The zero-order chi connectivity index (χ0) is 22.8. The molecule has 3 aromatic rings. The van der Waals surface area contributed by atoms with Gasteiger partial charge in [-0.15, -0.1) is 0 Å². The molecule has 0 radical (unpaired) electrons. The molecule has 2 heteroatoms. The average molecular weight is 447 g/mol. The first kappa shape index (κ1) is 24.0. The Morgan fingerprint density at radius 2 is 1.12 bits per heavy atom. The highest BCUT2D eigenvalue weighted by molar-refractivity contribution is 6.31. The van der Waals surface area contributed by atoms with Crippen molar-refractivity contribution in [1.29, 1.82) is 0 Å². The highest BCUT2D eigenvalue weighted by Crippen LogP contribution is 2.26. The molecule has 0 nitrogen and oxygen atoms in total. The van der Waals surface area contributed by atoms with Crippen LogP contribution in [0.4, 0.5) is 4.39 Å². The van der Waals surface area contributed by atoms with Crippen molar-refractivity contribution in [2.24, 2.45) is 0 Å². The second-order valence-corrected chi connectivity index (χ2v) is 8.50. The van der Waals surface area contributed by atoms with E-state index in [1.165, 1.54) is 22.3 Å². The maximum atomic E-state index is 14.6. The lowest BCUT2D eigenvalue weighted by molar-refractivity contribution is 0.607. The quantitative estimate of drug-likeness (QED) is 0.272. The molecule has 0 heterocycles. The third kappa shape index (κ3) is 6.68. The van der Waals surface area contributed by atoms with Crippen molar-refractivity contribution in [3.05, 3.63) is 118 Å². The number of hydrogen-bond donors (Lipinski definition) is 0. The van der Waals surface area contributed by atoms with Crippen molar-refractivity contribution < 1.29 is 4.39 Å². The lowest BCUT2D eigenvalue weighted by Gasteiger charge is -2.10. The van der Waals surface area contributed by atoms with E-state index in [0.29, 0.717) is 12.0 Å². The first-order valence-corrected chi connectivity index (χ1v) is 11.9. The summed E-state index contributed by atoms with van der Waals surface area (Å²) in [5, 5.41) is 0.272. The molecule has 0 saturated heterocycles. The van der Waals surface area contributed by atoms with Crippen LogP contribution in [0.15, 0.2) is 85.0 Å². The van der Waals surface area contributed by atoms with Crippen LogP contribution >= 0.6 is 11.6 Å². The topological polar surface area (TPSA) is 0 Å². The predicted octanol–water partition coefficient (Wildman–Crippen LogP) is 8.95. The highest BCUT2D eigenvalue weighted by Gasteiger charge is 2.11. The van der Waals surface area contributed by atoms with E-state index < -0.39 is 0 Å². The van der Waals surface area contributed by atoms with Gasteiger partial charge in [0.2, 0.25) is 0 Å². The molecule has 0 atom stereocenters. The number of hydrogen-bond acceptors (Lipinski definition) is 0. The summed E-state index contributed by atoms with van der Waals surface area (Å²) in [5.74, 6) is -0.266. The lowest BCUT2D eigenvalue weighted by Crippen LogP contribution is -1.98. The van der Waals surface area contributed by atoms with Crippen molar-refractivity contribution in [2.75, 3.05) is 0 Å². The fraction of sp³-hybridized carbons (Fsp3) is 0.267. The molecule has 0 spiro atoms. The minimum Gasteiger partial charge on any atom is -0.205 e. The Hall–Kier alpha value is -2.64. The maximum Gasteiger partial charge on any atom is 0.145 e. The van der Waals surface area contributed by atoms with Crippen molar-refractivity contribution in [3.63, 3.8) is 0 Å². The van der Waals surface area contributed by atoms with Crippen LogP contribution in [0.1, 0.15) is 48.9 Å². The second kappa shape index (κ2) is 12.4. The number of halogens is 2. The van der Waals surface area contributed by atoms with Gasteiger partial charge in [-0.1, -0.05) is 96.6 Å². The van der Waals surface area contributed by atoms with Gasteiger partial charge >= 0.3 is 0 Å². The van der Waals surface area contributed by atoms with Crippen LogP contribution in [0.25, 0.3) is 11.1 Å². The van der Waals surface area contributed by atoms with Crippen molar-refractivity contribution in [2.45, 2.75) is 52.4 Å². The van der Waals surface area contributed by atoms with Crippen LogP contribution in [0.2, 0.25) is 5.02 Å². The Labute approximate surface area is 197 Å². The molecule has 0 saturated carbocycles. The summed E-state index contributed by atoms with van der Waals surface area (Å²) in [6, 6.07) is 21.3. The van der Waals surface area contributed by atoms with Gasteiger partial charge in [-0.3, -0.25) is 0 Å².